The van der Waals surface area contributed by atoms with Crippen LogP contribution in [0.1, 0.15) is 5.56 Å². The number of thioether (sulfide) groups is 1. The van der Waals surface area contributed by atoms with E-state index in [0.717, 1.165) is 14.9 Å². The van der Waals surface area contributed by atoms with Crippen molar-refractivity contribution in [3.05, 3.63) is 52.4 Å². The van der Waals surface area contributed by atoms with E-state index in [1.807, 2.05) is 6.07 Å². The monoisotopic (exact) mass is 312 g/mol. The second-order valence-corrected chi connectivity index (χ2v) is 5.35. The predicted octanol–water partition coefficient (Wildman–Crippen LogP) is 3.86. The maximum Gasteiger partial charge on any atom is 0.123 e. The molecule has 0 amide bonds. The molecule has 2 aromatic rings. The molecule has 2 nitrogen and oxygen atoms in total. The van der Waals surface area contributed by atoms with Crippen molar-refractivity contribution >= 4 is 33.5 Å². The number of aromatic nitrogens is 1. The van der Waals surface area contributed by atoms with Crippen LogP contribution in [0.2, 0.25) is 0 Å². The van der Waals surface area contributed by atoms with E-state index in [1.165, 1.54) is 12.1 Å². The number of anilines is 1. The fraction of sp³-hybridized carbons (Fsp3) is 0.0833. The molecule has 0 spiro atoms. The molecule has 0 saturated heterocycles. The lowest BCUT2D eigenvalue weighted by Crippen LogP contribution is -1.89. The molecule has 0 atom stereocenters. The van der Waals surface area contributed by atoms with Crippen LogP contribution in [-0.2, 0) is 5.75 Å². The van der Waals surface area contributed by atoms with Crippen molar-refractivity contribution in [1.29, 1.82) is 0 Å². The molecule has 2 N–H and O–H groups in total. The summed E-state index contributed by atoms with van der Waals surface area (Å²) in [5, 5.41) is 0. The molecule has 0 bridgehead atoms. The Bertz CT molecular complexity index is 516. The van der Waals surface area contributed by atoms with Crippen LogP contribution in [0, 0.1) is 5.82 Å². The lowest BCUT2D eigenvalue weighted by atomic mass is 10.2. The summed E-state index contributed by atoms with van der Waals surface area (Å²) in [5.41, 5.74) is 6.42. The third kappa shape index (κ3) is 3.44. The van der Waals surface area contributed by atoms with Crippen LogP contribution in [-0.4, -0.2) is 4.98 Å². The number of nitrogens with two attached hydrogens (primary N) is 1. The third-order valence-corrected chi connectivity index (χ3v) is 3.97. The molecule has 0 saturated carbocycles. The van der Waals surface area contributed by atoms with Gasteiger partial charge in [0.05, 0.1) is 0 Å². The van der Waals surface area contributed by atoms with Crippen LogP contribution < -0.4 is 5.73 Å². The summed E-state index contributed by atoms with van der Waals surface area (Å²) >= 11 is 4.99. The SMILES string of the molecule is Nc1ccc(SCc2cc(F)ccc2Br)cn1. The molecule has 5 heteroatoms. The zero-order valence-electron chi connectivity index (χ0n) is 8.86. The lowest BCUT2D eigenvalue weighted by Gasteiger charge is -2.04. The molecule has 0 aliphatic heterocycles. The smallest absolute Gasteiger partial charge is 0.123 e. The Kier molecular flexibility index (Phi) is 4.02. The average Bonchev–Trinajstić information content (AvgIpc) is 2.32. The van der Waals surface area contributed by atoms with E-state index in [0.29, 0.717) is 11.6 Å². The molecule has 0 radical (unpaired) electrons. The van der Waals surface area contributed by atoms with E-state index in [-0.39, 0.29) is 5.82 Å². The minimum absolute atomic E-state index is 0.223. The quantitative estimate of drug-likeness (QED) is 0.875. The highest BCUT2D eigenvalue weighted by molar-refractivity contribution is 9.10. The zero-order chi connectivity index (χ0) is 12.3. The van der Waals surface area contributed by atoms with Crippen LogP contribution >= 0.6 is 27.7 Å². The molecular weight excluding hydrogens is 303 g/mol. The second kappa shape index (κ2) is 5.51. The van der Waals surface area contributed by atoms with Crippen LogP contribution in [0.15, 0.2) is 45.9 Å². The first-order valence-corrected chi connectivity index (χ1v) is 6.71. The van der Waals surface area contributed by atoms with Gasteiger partial charge in [0.25, 0.3) is 0 Å². The van der Waals surface area contributed by atoms with Crippen molar-refractivity contribution in [1.82, 2.24) is 4.98 Å². The minimum atomic E-state index is -0.223. The van der Waals surface area contributed by atoms with Gasteiger partial charge in [-0.05, 0) is 35.9 Å². The number of hydrogen-bond acceptors (Lipinski definition) is 3. The van der Waals surface area contributed by atoms with Gasteiger partial charge in [0.1, 0.15) is 11.6 Å². The van der Waals surface area contributed by atoms with Gasteiger partial charge in [-0.2, -0.15) is 0 Å². The lowest BCUT2D eigenvalue weighted by molar-refractivity contribution is 0.626. The van der Waals surface area contributed by atoms with E-state index in [1.54, 1.807) is 30.1 Å². The van der Waals surface area contributed by atoms with Gasteiger partial charge in [0.15, 0.2) is 0 Å². The van der Waals surface area contributed by atoms with E-state index < -0.39 is 0 Å². The molecule has 88 valence electrons. The Morgan fingerprint density at radius 2 is 2.12 bits per heavy atom. The molecule has 2 rings (SSSR count). The van der Waals surface area contributed by atoms with Crippen LogP contribution in [0.25, 0.3) is 0 Å². The summed E-state index contributed by atoms with van der Waals surface area (Å²) in [6.45, 7) is 0. The van der Waals surface area contributed by atoms with Crippen LogP contribution in [0.3, 0.4) is 0 Å². The van der Waals surface area contributed by atoms with Gasteiger partial charge >= 0.3 is 0 Å². The largest absolute Gasteiger partial charge is 0.384 e. The van der Waals surface area contributed by atoms with E-state index in [9.17, 15) is 4.39 Å². The van der Waals surface area contributed by atoms with Gasteiger partial charge in [0, 0.05) is 21.3 Å². The standard InChI is InChI=1S/C12H10BrFN2S/c13-11-3-1-9(14)5-8(11)7-17-10-2-4-12(15)16-6-10/h1-6H,7H2,(H2,15,16). The molecule has 1 heterocycles. The third-order valence-electron chi connectivity index (χ3n) is 2.16. The maximum atomic E-state index is 13.1. The summed E-state index contributed by atoms with van der Waals surface area (Å²) in [6.07, 6.45) is 1.72. The van der Waals surface area contributed by atoms with Crippen molar-refractivity contribution in [2.24, 2.45) is 0 Å². The number of rotatable bonds is 3. The molecular formula is C12H10BrFN2S. The van der Waals surface area contributed by atoms with Gasteiger partial charge in [-0.3, -0.25) is 0 Å². The van der Waals surface area contributed by atoms with Gasteiger partial charge < -0.3 is 5.73 Å². The molecule has 17 heavy (non-hydrogen) atoms. The molecule has 1 aromatic heterocycles. The highest BCUT2D eigenvalue weighted by Crippen LogP contribution is 2.27. The molecule has 0 unspecified atom stereocenters. The summed E-state index contributed by atoms with van der Waals surface area (Å²) in [4.78, 5) is 5.01. The van der Waals surface area contributed by atoms with Gasteiger partial charge in [-0.15, -0.1) is 11.8 Å². The van der Waals surface area contributed by atoms with Crippen LogP contribution in [0.4, 0.5) is 10.2 Å². The highest BCUT2D eigenvalue weighted by Gasteiger charge is 2.03. The van der Waals surface area contributed by atoms with Gasteiger partial charge in [0.2, 0.25) is 0 Å². The molecule has 1 aromatic carbocycles. The number of nitrogens with zero attached hydrogens (tertiary/aromatic N) is 1. The summed E-state index contributed by atoms with van der Waals surface area (Å²) in [5.74, 6) is 0.963. The maximum absolute atomic E-state index is 13.1. The highest BCUT2D eigenvalue weighted by atomic mass is 79.9. The van der Waals surface area contributed by atoms with Gasteiger partial charge in [-0.1, -0.05) is 15.9 Å². The Labute approximate surface area is 112 Å². The van der Waals surface area contributed by atoms with E-state index in [4.69, 9.17) is 5.73 Å². The summed E-state index contributed by atoms with van der Waals surface area (Å²) < 4.78 is 14.0. The normalized spacial score (nSPS) is 10.5. The number of hydrogen-bond donors (Lipinski definition) is 1. The van der Waals surface area contributed by atoms with Gasteiger partial charge in [-0.25, -0.2) is 9.37 Å². The van der Waals surface area contributed by atoms with Crippen LogP contribution in [0.5, 0.6) is 0 Å². The first kappa shape index (κ1) is 12.4. The van der Waals surface area contributed by atoms with Crippen molar-refractivity contribution in [2.75, 3.05) is 5.73 Å². The first-order chi connectivity index (χ1) is 8.15. The predicted molar refractivity (Wildman–Crippen MR) is 72.3 cm³/mol. The number of nitrogen functional groups attached to an aromatic ring is 1. The van der Waals surface area contributed by atoms with Crippen molar-refractivity contribution in [2.45, 2.75) is 10.6 Å². The number of pyridine rings is 1. The van der Waals surface area contributed by atoms with E-state index >= 15 is 0 Å². The fourth-order valence-corrected chi connectivity index (χ4v) is 2.72. The van der Waals surface area contributed by atoms with Crippen molar-refractivity contribution < 1.29 is 4.39 Å². The Morgan fingerprint density at radius 3 is 2.82 bits per heavy atom. The fourth-order valence-electron chi connectivity index (χ4n) is 1.29. The molecule has 0 fully saturated rings. The topological polar surface area (TPSA) is 38.9 Å². The van der Waals surface area contributed by atoms with E-state index in [2.05, 4.69) is 20.9 Å². The number of benzene rings is 1. The Hall–Kier alpha value is -1.07. The Morgan fingerprint density at radius 1 is 1.29 bits per heavy atom. The average molecular weight is 313 g/mol. The summed E-state index contributed by atoms with van der Waals surface area (Å²) in [7, 11) is 0. The first-order valence-electron chi connectivity index (χ1n) is 4.93. The second-order valence-electron chi connectivity index (χ2n) is 3.44. The Balaban J connectivity index is 2.07. The minimum Gasteiger partial charge on any atom is -0.384 e. The van der Waals surface area contributed by atoms with Crippen molar-refractivity contribution in [3.63, 3.8) is 0 Å². The molecule has 0 aliphatic rings. The zero-order valence-corrected chi connectivity index (χ0v) is 11.3. The number of halogens is 2. The summed E-state index contributed by atoms with van der Waals surface area (Å²) in [6, 6.07) is 8.33. The molecule has 0 aliphatic carbocycles. The van der Waals surface area contributed by atoms with Crippen molar-refractivity contribution in [3.8, 4) is 0 Å².